The fraction of sp³-hybridized carbons (Fsp3) is 0.115. The van der Waals surface area contributed by atoms with Crippen LogP contribution in [0, 0.1) is 0 Å². The van der Waals surface area contributed by atoms with E-state index in [0.717, 1.165) is 30.8 Å². The summed E-state index contributed by atoms with van der Waals surface area (Å²) in [7, 11) is 0. The lowest BCUT2D eigenvalue weighted by atomic mass is 10.1. The predicted octanol–water partition coefficient (Wildman–Crippen LogP) is 4.99. The average molecular weight is 488 g/mol. The fourth-order valence-corrected chi connectivity index (χ4v) is 5.68. The largest absolute Gasteiger partial charge is 0.396 e. The summed E-state index contributed by atoms with van der Waals surface area (Å²) >= 11 is 3.02. The van der Waals surface area contributed by atoms with Crippen molar-refractivity contribution < 1.29 is 14.7 Å². The monoisotopic (exact) mass is 487 g/mol. The van der Waals surface area contributed by atoms with Gasteiger partial charge in [0, 0.05) is 38.6 Å². The smallest absolute Gasteiger partial charge is 0.256 e. The van der Waals surface area contributed by atoms with Crippen molar-refractivity contribution in [3.63, 3.8) is 0 Å². The summed E-state index contributed by atoms with van der Waals surface area (Å²) in [6.07, 6.45) is 2.33. The zero-order chi connectivity index (χ0) is 23.5. The number of hydrogen-bond acceptors (Lipinski definition) is 6. The Kier molecular flexibility index (Phi) is 6.44. The number of aliphatic hydroxyl groups excluding tert-OH is 1. The van der Waals surface area contributed by atoms with E-state index in [0.29, 0.717) is 29.8 Å². The molecule has 0 fully saturated rings. The lowest BCUT2D eigenvalue weighted by Gasteiger charge is -2.09. The van der Waals surface area contributed by atoms with Gasteiger partial charge < -0.3 is 15.7 Å². The molecule has 1 aliphatic heterocycles. The van der Waals surface area contributed by atoms with Crippen LogP contribution in [0.3, 0.4) is 0 Å². The molecule has 0 bridgehead atoms. The second-order valence-electron chi connectivity index (χ2n) is 7.71. The van der Waals surface area contributed by atoms with Gasteiger partial charge in [-0.15, -0.1) is 11.3 Å². The first-order valence-electron chi connectivity index (χ1n) is 10.8. The lowest BCUT2D eigenvalue weighted by Crippen LogP contribution is -2.22. The number of aromatic nitrogens is 1. The van der Waals surface area contributed by atoms with Gasteiger partial charge in [-0.2, -0.15) is 0 Å². The molecule has 0 radical (unpaired) electrons. The molecule has 6 nitrogen and oxygen atoms in total. The van der Waals surface area contributed by atoms with E-state index in [1.165, 1.54) is 23.1 Å². The van der Waals surface area contributed by atoms with Crippen LogP contribution in [0.15, 0.2) is 82.7 Å². The number of rotatable bonds is 6. The molecule has 0 saturated heterocycles. The molecular formula is C26H21N3O3S2. The minimum atomic E-state index is -0.223. The van der Waals surface area contributed by atoms with Crippen molar-refractivity contribution in [2.45, 2.75) is 22.8 Å². The molecule has 0 saturated carbocycles. The Bertz CT molecular complexity index is 1380. The van der Waals surface area contributed by atoms with Gasteiger partial charge in [0.05, 0.1) is 17.8 Å². The Morgan fingerprint density at radius 3 is 2.65 bits per heavy atom. The first-order chi connectivity index (χ1) is 16.6. The van der Waals surface area contributed by atoms with Crippen LogP contribution in [-0.2, 0) is 13.0 Å². The number of fused-ring (bicyclic) bond motifs is 2. The van der Waals surface area contributed by atoms with Gasteiger partial charge in [0.25, 0.3) is 11.8 Å². The van der Waals surface area contributed by atoms with Crippen molar-refractivity contribution in [3.8, 4) is 10.6 Å². The Hall–Kier alpha value is -3.46. The van der Waals surface area contributed by atoms with E-state index in [4.69, 9.17) is 0 Å². The molecule has 8 heteroatoms. The van der Waals surface area contributed by atoms with Crippen LogP contribution >= 0.6 is 23.1 Å². The SMILES string of the molecule is O=C(NCc1cnc(-c2ccccc2CCO)s1)c1ccc2c(c1)NC(=O)c1ccccc1S2. The number of benzene rings is 3. The Labute approximate surface area is 205 Å². The van der Waals surface area contributed by atoms with Crippen LogP contribution in [0.5, 0.6) is 0 Å². The third-order valence-corrected chi connectivity index (χ3v) is 7.63. The molecule has 34 heavy (non-hydrogen) atoms. The molecule has 3 N–H and O–H groups in total. The minimum absolute atomic E-state index is 0.0805. The zero-order valence-electron chi connectivity index (χ0n) is 18.1. The summed E-state index contributed by atoms with van der Waals surface area (Å²) in [6, 6.07) is 20.7. The average Bonchev–Trinajstić information content (AvgIpc) is 3.27. The number of carbonyl (C=O) groups excluding carboxylic acids is 2. The van der Waals surface area contributed by atoms with Crippen molar-refractivity contribution in [2.75, 3.05) is 11.9 Å². The van der Waals surface area contributed by atoms with Crippen LogP contribution in [0.25, 0.3) is 10.6 Å². The van der Waals surface area contributed by atoms with Gasteiger partial charge in [0.2, 0.25) is 0 Å². The van der Waals surface area contributed by atoms with E-state index in [2.05, 4.69) is 15.6 Å². The second kappa shape index (κ2) is 9.80. The maximum Gasteiger partial charge on any atom is 0.256 e. The topological polar surface area (TPSA) is 91.3 Å². The van der Waals surface area contributed by atoms with E-state index >= 15 is 0 Å². The summed E-state index contributed by atoms with van der Waals surface area (Å²) in [5.41, 5.74) is 3.76. The minimum Gasteiger partial charge on any atom is -0.396 e. The van der Waals surface area contributed by atoms with Crippen LogP contribution < -0.4 is 10.6 Å². The molecule has 2 heterocycles. The standard InChI is InChI=1S/C26H21N3O3S2/c30-12-11-16-5-1-2-6-19(16)26-28-15-18(33-26)14-27-24(31)17-9-10-23-21(13-17)29-25(32)20-7-3-4-8-22(20)34-23/h1-10,13,15,30H,11-12,14H2,(H,27,31)(H,29,32). The fourth-order valence-electron chi connectivity index (χ4n) is 3.76. The maximum atomic E-state index is 12.8. The summed E-state index contributed by atoms with van der Waals surface area (Å²) in [4.78, 5) is 32.6. The van der Waals surface area contributed by atoms with Crippen LogP contribution in [0.4, 0.5) is 5.69 Å². The van der Waals surface area contributed by atoms with Gasteiger partial charge in [-0.1, -0.05) is 48.2 Å². The van der Waals surface area contributed by atoms with Crippen molar-refractivity contribution in [2.24, 2.45) is 0 Å². The Balaban J connectivity index is 1.29. The molecule has 0 spiro atoms. The Morgan fingerprint density at radius 1 is 1.00 bits per heavy atom. The first kappa shape index (κ1) is 22.3. The summed E-state index contributed by atoms with van der Waals surface area (Å²) in [6.45, 7) is 0.430. The van der Waals surface area contributed by atoms with Crippen LogP contribution in [-0.4, -0.2) is 28.5 Å². The number of anilines is 1. The summed E-state index contributed by atoms with van der Waals surface area (Å²) in [5.74, 6) is -0.405. The number of nitrogens with zero attached hydrogens (tertiary/aromatic N) is 1. The van der Waals surface area contributed by atoms with Gasteiger partial charge in [-0.25, -0.2) is 4.98 Å². The highest BCUT2D eigenvalue weighted by Crippen LogP contribution is 2.39. The molecular weight excluding hydrogens is 466 g/mol. The first-order valence-corrected chi connectivity index (χ1v) is 12.4. The van der Waals surface area contributed by atoms with Gasteiger partial charge >= 0.3 is 0 Å². The van der Waals surface area contributed by atoms with E-state index in [1.54, 1.807) is 24.4 Å². The van der Waals surface area contributed by atoms with E-state index in [-0.39, 0.29) is 18.4 Å². The number of carbonyl (C=O) groups is 2. The molecule has 4 aromatic rings. The Morgan fingerprint density at radius 2 is 1.79 bits per heavy atom. The lowest BCUT2D eigenvalue weighted by molar-refractivity contribution is 0.0949. The van der Waals surface area contributed by atoms with E-state index in [9.17, 15) is 14.7 Å². The van der Waals surface area contributed by atoms with Crippen molar-refractivity contribution >= 4 is 40.6 Å². The molecule has 0 aliphatic carbocycles. The molecule has 170 valence electrons. The highest BCUT2D eigenvalue weighted by molar-refractivity contribution is 7.99. The summed E-state index contributed by atoms with van der Waals surface area (Å²) in [5, 5.41) is 16.0. The molecule has 3 aromatic carbocycles. The molecule has 1 aliphatic rings. The molecule has 2 amide bonds. The quantitative estimate of drug-likeness (QED) is 0.356. The van der Waals surface area contributed by atoms with Crippen molar-refractivity contribution in [3.05, 3.63) is 94.5 Å². The number of hydrogen-bond donors (Lipinski definition) is 3. The normalized spacial score (nSPS) is 12.3. The van der Waals surface area contributed by atoms with E-state index < -0.39 is 0 Å². The number of thiazole rings is 1. The van der Waals surface area contributed by atoms with Gasteiger partial charge in [0.1, 0.15) is 5.01 Å². The van der Waals surface area contributed by atoms with Gasteiger partial charge in [-0.3, -0.25) is 9.59 Å². The maximum absolute atomic E-state index is 12.8. The predicted molar refractivity (Wildman–Crippen MR) is 134 cm³/mol. The van der Waals surface area contributed by atoms with Crippen molar-refractivity contribution in [1.29, 1.82) is 0 Å². The number of nitrogens with one attached hydrogen (secondary N) is 2. The third kappa shape index (κ3) is 4.61. The van der Waals surface area contributed by atoms with Crippen LogP contribution in [0.1, 0.15) is 31.2 Å². The second-order valence-corrected chi connectivity index (χ2v) is 9.91. The molecule has 1 aromatic heterocycles. The molecule has 5 rings (SSSR count). The van der Waals surface area contributed by atoms with Gasteiger partial charge in [-0.05, 0) is 42.3 Å². The number of aliphatic hydroxyl groups is 1. The third-order valence-electron chi connectivity index (χ3n) is 5.45. The highest BCUT2D eigenvalue weighted by Gasteiger charge is 2.21. The van der Waals surface area contributed by atoms with Gasteiger partial charge in [0.15, 0.2) is 0 Å². The van der Waals surface area contributed by atoms with Crippen LogP contribution in [0.2, 0.25) is 0 Å². The van der Waals surface area contributed by atoms with Crippen molar-refractivity contribution in [1.82, 2.24) is 10.3 Å². The summed E-state index contributed by atoms with van der Waals surface area (Å²) < 4.78 is 0. The molecule has 0 atom stereocenters. The zero-order valence-corrected chi connectivity index (χ0v) is 19.7. The molecule has 0 unspecified atom stereocenters. The number of amides is 2. The van der Waals surface area contributed by atoms with E-state index in [1.807, 2.05) is 48.5 Å². The highest BCUT2D eigenvalue weighted by atomic mass is 32.2.